The molecule has 0 aromatic heterocycles. The SMILES string of the molecule is COc1cc(C2C3=C(CC(C)(C)CC3=O)N(C3CCCCC3)C3=C2C(=O)CC(C)(C)C3)ccc1OCc1ccc([N+](=O)[O-])cc1. The van der Waals surface area contributed by atoms with E-state index >= 15 is 0 Å². The van der Waals surface area contributed by atoms with Crippen LogP contribution in [0.2, 0.25) is 0 Å². The zero-order valence-electron chi connectivity index (χ0n) is 27.1. The number of Topliss-reactive ketones (excluding diaryl/α,β-unsaturated/α-hetero) is 2. The lowest BCUT2D eigenvalue weighted by molar-refractivity contribution is -0.384. The summed E-state index contributed by atoms with van der Waals surface area (Å²) < 4.78 is 11.9. The van der Waals surface area contributed by atoms with Crippen molar-refractivity contribution in [3.63, 3.8) is 0 Å². The molecule has 0 bridgehead atoms. The van der Waals surface area contributed by atoms with E-state index in [4.69, 9.17) is 9.47 Å². The van der Waals surface area contributed by atoms with Crippen molar-refractivity contribution in [1.82, 2.24) is 4.90 Å². The lowest BCUT2D eigenvalue weighted by atomic mass is 9.63. The summed E-state index contributed by atoms with van der Waals surface area (Å²) in [7, 11) is 1.58. The second kappa shape index (κ2) is 11.8. The molecular formula is C37H44N2O6. The van der Waals surface area contributed by atoms with Crippen LogP contribution in [0.3, 0.4) is 0 Å². The van der Waals surface area contributed by atoms with Crippen LogP contribution in [-0.4, -0.2) is 34.5 Å². The van der Waals surface area contributed by atoms with E-state index in [1.54, 1.807) is 19.2 Å². The number of nitrogens with zero attached hydrogens (tertiary/aromatic N) is 2. The van der Waals surface area contributed by atoms with Crippen molar-refractivity contribution < 1.29 is 24.0 Å². The number of benzene rings is 2. The van der Waals surface area contributed by atoms with Gasteiger partial charge in [-0.2, -0.15) is 0 Å². The average Bonchev–Trinajstić information content (AvgIpc) is 2.98. The van der Waals surface area contributed by atoms with Gasteiger partial charge in [0.05, 0.1) is 12.0 Å². The van der Waals surface area contributed by atoms with Crippen LogP contribution in [-0.2, 0) is 16.2 Å². The molecule has 1 fully saturated rings. The molecule has 0 saturated heterocycles. The third kappa shape index (κ3) is 6.03. The molecule has 45 heavy (non-hydrogen) atoms. The van der Waals surface area contributed by atoms with Crippen molar-refractivity contribution in [1.29, 1.82) is 0 Å². The minimum atomic E-state index is -0.445. The summed E-state index contributed by atoms with van der Waals surface area (Å²) in [5.74, 6) is 0.859. The van der Waals surface area contributed by atoms with Crippen LogP contribution in [0, 0.1) is 20.9 Å². The maximum absolute atomic E-state index is 14.2. The van der Waals surface area contributed by atoms with Gasteiger partial charge < -0.3 is 14.4 Å². The minimum absolute atomic E-state index is 0.0267. The van der Waals surface area contributed by atoms with E-state index in [2.05, 4.69) is 32.6 Å². The summed E-state index contributed by atoms with van der Waals surface area (Å²) in [6, 6.07) is 12.3. The highest BCUT2D eigenvalue weighted by Gasteiger charge is 2.50. The van der Waals surface area contributed by atoms with E-state index in [9.17, 15) is 19.7 Å². The van der Waals surface area contributed by atoms with Gasteiger partial charge in [0.15, 0.2) is 23.1 Å². The molecule has 238 valence electrons. The summed E-state index contributed by atoms with van der Waals surface area (Å²) in [5, 5.41) is 11.0. The van der Waals surface area contributed by atoms with Gasteiger partial charge in [-0.1, -0.05) is 53.0 Å². The third-order valence-corrected chi connectivity index (χ3v) is 9.95. The smallest absolute Gasteiger partial charge is 0.269 e. The minimum Gasteiger partial charge on any atom is -0.493 e. The van der Waals surface area contributed by atoms with E-state index in [0.29, 0.717) is 30.4 Å². The summed E-state index contributed by atoms with van der Waals surface area (Å²) in [6.07, 6.45) is 8.25. The van der Waals surface area contributed by atoms with Crippen molar-refractivity contribution in [2.24, 2.45) is 10.8 Å². The molecule has 3 aliphatic carbocycles. The largest absolute Gasteiger partial charge is 0.493 e. The average molecular weight is 613 g/mol. The number of rotatable bonds is 7. The summed E-state index contributed by atoms with van der Waals surface area (Å²) >= 11 is 0. The van der Waals surface area contributed by atoms with E-state index in [1.807, 2.05) is 18.2 Å². The van der Waals surface area contributed by atoms with Gasteiger partial charge in [-0.25, -0.2) is 0 Å². The number of hydrogen-bond donors (Lipinski definition) is 0. The topological polar surface area (TPSA) is 99.0 Å². The number of allylic oxidation sites excluding steroid dienone is 4. The van der Waals surface area contributed by atoms with E-state index in [0.717, 1.165) is 59.4 Å². The molecule has 0 unspecified atom stereocenters. The third-order valence-electron chi connectivity index (χ3n) is 9.95. The molecule has 1 heterocycles. The molecule has 0 N–H and O–H groups in total. The molecule has 4 aliphatic rings. The normalized spacial score (nSPS) is 21.8. The van der Waals surface area contributed by atoms with E-state index in [-0.39, 0.29) is 34.7 Å². The molecule has 8 nitrogen and oxygen atoms in total. The molecule has 1 aliphatic heterocycles. The van der Waals surface area contributed by atoms with Crippen molar-refractivity contribution in [2.45, 2.75) is 104 Å². The highest BCUT2D eigenvalue weighted by Crippen LogP contribution is 2.56. The number of nitro groups is 1. The molecule has 0 spiro atoms. The van der Waals surface area contributed by atoms with Crippen LogP contribution in [0.4, 0.5) is 5.69 Å². The molecule has 8 heteroatoms. The lowest BCUT2D eigenvalue weighted by Crippen LogP contribution is -2.48. The molecular weight excluding hydrogens is 568 g/mol. The van der Waals surface area contributed by atoms with Gasteiger partial charge in [0, 0.05) is 59.5 Å². The number of non-ortho nitro benzene ring substituents is 1. The number of nitro benzene ring substituents is 1. The summed E-state index contributed by atoms with van der Waals surface area (Å²) in [5.41, 5.74) is 5.17. The number of hydrogen-bond acceptors (Lipinski definition) is 7. The van der Waals surface area contributed by atoms with Gasteiger partial charge in [0.2, 0.25) is 0 Å². The van der Waals surface area contributed by atoms with Crippen molar-refractivity contribution in [3.05, 3.63) is 86.2 Å². The first-order valence-corrected chi connectivity index (χ1v) is 16.2. The van der Waals surface area contributed by atoms with Crippen molar-refractivity contribution >= 4 is 17.3 Å². The number of ether oxygens (including phenoxy) is 2. The maximum Gasteiger partial charge on any atom is 0.269 e. The van der Waals surface area contributed by atoms with Crippen LogP contribution in [0.5, 0.6) is 11.5 Å². The van der Waals surface area contributed by atoms with E-state index in [1.165, 1.54) is 31.4 Å². The Morgan fingerprint density at radius 2 is 1.40 bits per heavy atom. The fourth-order valence-corrected chi connectivity index (χ4v) is 7.97. The molecule has 0 radical (unpaired) electrons. The predicted molar refractivity (Wildman–Crippen MR) is 172 cm³/mol. The standard InChI is InChI=1S/C37H44N2O6/c1-36(2)18-27-34(29(40)20-36)33(35-28(19-37(3,4)21-30(35)41)38(27)25-9-7-6-8-10-25)24-13-16-31(32(17-24)44-5)45-22-23-11-14-26(15-12-23)39(42)43/h11-17,25,33H,6-10,18-22H2,1-5H3. The fourth-order valence-electron chi connectivity index (χ4n) is 7.97. The van der Waals surface area contributed by atoms with Crippen LogP contribution in [0.1, 0.15) is 103 Å². The Morgan fingerprint density at radius 1 is 0.822 bits per heavy atom. The van der Waals surface area contributed by atoms with E-state index < -0.39 is 10.8 Å². The van der Waals surface area contributed by atoms with Crippen molar-refractivity contribution in [2.75, 3.05) is 7.11 Å². The van der Waals surface area contributed by atoms with Crippen LogP contribution < -0.4 is 9.47 Å². The van der Waals surface area contributed by atoms with Gasteiger partial charge in [0.25, 0.3) is 5.69 Å². The Kier molecular flexibility index (Phi) is 8.12. The van der Waals surface area contributed by atoms with Gasteiger partial charge in [-0.15, -0.1) is 0 Å². The first-order valence-electron chi connectivity index (χ1n) is 16.2. The summed E-state index contributed by atoms with van der Waals surface area (Å²) in [6.45, 7) is 8.94. The molecule has 2 aromatic rings. The second-order valence-electron chi connectivity index (χ2n) is 14.8. The highest BCUT2D eigenvalue weighted by molar-refractivity contribution is 6.06. The van der Waals surface area contributed by atoms with Gasteiger partial charge in [-0.3, -0.25) is 19.7 Å². The number of methoxy groups -OCH3 is 1. The molecule has 2 aromatic carbocycles. The zero-order chi connectivity index (χ0) is 32.1. The quantitative estimate of drug-likeness (QED) is 0.230. The molecule has 6 rings (SSSR count). The van der Waals surface area contributed by atoms with Crippen LogP contribution in [0.15, 0.2) is 65.0 Å². The Balaban J connectivity index is 1.43. The van der Waals surface area contributed by atoms with Gasteiger partial charge in [-0.05, 0) is 71.9 Å². The Bertz CT molecular complexity index is 1540. The summed E-state index contributed by atoms with van der Waals surface area (Å²) in [4.78, 5) is 41.5. The number of carbonyl (C=O) groups excluding carboxylic acids is 2. The lowest BCUT2D eigenvalue weighted by Gasteiger charge is -2.52. The first kappa shape index (κ1) is 31.1. The predicted octanol–water partition coefficient (Wildman–Crippen LogP) is 8.20. The van der Waals surface area contributed by atoms with Gasteiger partial charge >= 0.3 is 0 Å². The number of ketones is 2. The first-order chi connectivity index (χ1) is 21.4. The maximum atomic E-state index is 14.2. The number of carbonyl (C=O) groups is 2. The molecule has 0 atom stereocenters. The van der Waals surface area contributed by atoms with Crippen molar-refractivity contribution in [3.8, 4) is 11.5 Å². The monoisotopic (exact) mass is 612 g/mol. The zero-order valence-corrected chi connectivity index (χ0v) is 27.1. The Morgan fingerprint density at radius 3 is 1.93 bits per heavy atom. The van der Waals surface area contributed by atoms with Gasteiger partial charge in [0.1, 0.15) is 6.61 Å². The molecule has 0 amide bonds. The second-order valence-corrected chi connectivity index (χ2v) is 14.8. The Labute approximate surface area is 265 Å². The van der Waals surface area contributed by atoms with Crippen LogP contribution >= 0.6 is 0 Å². The fraction of sp³-hybridized carbons (Fsp3) is 0.514. The van der Waals surface area contributed by atoms with Crippen LogP contribution in [0.25, 0.3) is 0 Å². The molecule has 1 saturated carbocycles. The highest BCUT2D eigenvalue weighted by atomic mass is 16.6. The Hall–Kier alpha value is -3.94.